The van der Waals surface area contributed by atoms with Crippen molar-refractivity contribution in [2.24, 2.45) is 5.92 Å². The van der Waals surface area contributed by atoms with E-state index in [2.05, 4.69) is 17.4 Å². The van der Waals surface area contributed by atoms with E-state index in [1.165, 1.54) is 5.56 Å². The van der Waals surface area contributed by atoms with Gasteiger partial charge in [0.25, 0.3) is 0 Å². The molecule has 1 saturated carbocycles. The molecule has 5 heteroatoms. The minimum Gasteiger partial charge on any atom is -0.458 e. The van der Waals surface area contributed by atoms with Crippen molar-refractivity contribution in [2.45, 2.75) is 56.7 Å². The normalized spacial score (nSPS) is 27.6. The molecule has 0 radical (unpaired) electrons. The number of fused-ring (bicyclic) bond motifs is 1. The van der Waals surface area contributed by atoms with Crippen LogP contribution in [0.25, 0.3) is 0 Å². The zero-order valence-corrected chi connectivity index (χ0v) is 14.5. The number of amides is 1. The Morgan fingerprint density at radius 2 is 2.00 bits per heavy atom. The summed E-state index contributed by atoms with van der Waals surface area (Å²) in [5, 5.41) is 3.03. The summed E-state index contributed by atoms with van der Waals surface area (Å²) in [6, 6.07) is 8.22. The van der Waals surface area contributed by atoms with Gasteiger partial charge in [0.1, 0.15) is 11.7 Å². The molecule has 25 heavy (non-hydrogen) atoms. The number of carbonyl (C=O) groups excluding carboxylic acids is 2. The van der Waals surface area contributed by atoms with Gasteiger partial charge in [-0.3, -0.25) is 9.59 Å². The molecule has 2 atom stereocenters. The first-order chi connectivity index (χ1) is 12.2. The van der Waals surface area contributed by atoms with Crippen LogP contribution in [0.3, 0.4) is 0 Å². The van der Waals surface area contributed by atoms with Crippen molar-refractivity contribution in [3.63, 3.8) is 0 Å². The maximum atomic E-state index is 12.8. The Hall–Kier alpha value is -1.88. The molecular formula is C20H25NO4. The van der Waals surface area contributed by atoms with Crippen LogP contribution in [0.1, 0.15) is 55.8 Å². The summed E-state index contributed by atoms with van der Waals surface area (Å²) in [6.07, 6.45) is 5.81. The maximum absolute atomic E-state index is 12.8. The van der Waals surface area contributed by atoms with Crippen LogP contribution in [0.4, 0.5) is 0 Å². The summed E-state index contributed by atoms with van der Waals surface area (Å²) < 4.78 is 11.5. The van der Waals surface area contributed by atoms with Gasteiger partial charge in [0, 0.05) is 6.54 Å². The van der Waals surface area contributed by atoms with E-state index in [1.807, 2.05) is 12.1 Å². The molecule has 2 heterocycles. The molecule has 5 nitrogen and oxygen atoms in total. The first kappa shape index (κ1) is 16.6. The molecule has 1 spiro atoms. The molecule has 1 amide bonds. The van der Waals surface area contributed by atoms with E-state index in [0.717, 1.165) is 44.1 Å². The average Bonchev–Trinajstić information content (AvgIpc) is 2.95. The van der Waals surface area contributed by atoms with Gasteiger partial charge >= 0.3 is 5.97 Å². The topological polar surface area (TPSA) is 64.6 Å². The molecule has 0 unspecified atom stereocenters. The summed E-state index contributed by atoms with van der Waals surface area (Å²) in [4.78, 5) is 24.7. The van der Waals surface area contributed by atoms with E-state index >= 15 is 0 Å². The quantitative estimate of drug-likeness (QED) is 0.857. The summed E-state index contributed by atoms with van der Waals surface area (Å²) >= 11 is 0. The van der Waals surface area contributed by atoms with E-state index in [9.17, 15) is 9.59 Å². The zero-order valence-electron chi connectivity index (χ0n) is 14.5. The molecule has 2 aliphatic heterocycles. The molecule has 134 valence electrons. The van der Waals surface area contributed by atoms with E-state index in [1.54, 1.807) is 0 Å². The Labute approximate surface area is 148 Å². The second kappa shape index (κ2) is 6.79. The zero-order chi connectivity index (χ0) is 17.3. The molecule has 1 aliphatic carbocycles. The van der Waals surface area contributed by atoms with Crippen molar-refractivity contribution in [1.29, 1.82) is 0 Å². The highest BCUT2D eigenvalue weighted by atomic mass is 16.6. The molecule has 2 fully saturated rings. The number of carbonyl (C=O) groups is 2. The van der Waals surface area contributed by atoms with Crippen LogP contribution in [-0.4, -0.2) is 30.6 Å². The fourth-order valence-electron chi connectivity index (χ4n) is 4.59. The average molecular weight is 343 g/mol. The first-order valence-electron chi connectivity index (χ1n) is 9.37. The first-order valence-corrected chi connectivity index (χ1v) is 9.37. The third-order valence-electron chi connectivity index (χ3n) is 5.89. The second-order valence-corrected chi connectivity index (χ2v) is 7.41. The number of hydrogen-bond donors (Lipinski definition) is 1. The highest BCUT2D eigenvalue weighted by Gasteiger charge is 2.52. The molecule has 3 aliphatic rings. The number of benzene rings is 1. The maximum Gasteiger partial charge on any atom is 0.307 e. The van der Waals surface area contributed by atoms with Crippen LogP contribution in [-0.2, 0) is 25.5 Å². The summed E-state index contributed by atoms with van der Waals surface area (Å²) in [5.74, 6) is -0.667. The van der Waals surface area contributed by atoms with Gasteiger partial charge in [-0.05, 0) is 43.2 Å². The number of esters is 1. The third-order valence-corrected chi connectivity index (χ3v) is 5.89. The Bertz CT molecular complexity index is 665. The lowest BCUT2D eigenvalue weighted by Crippen LogP contribution is -2.46. The van der Waals surface area contributed by atoms with Gasteiger partial charge in [0.15, 0.2) is 0 Å². The van der Waals surface area contributed by atoms with Gasteiger partial charge in [-0.15, -0.1) is 0 Å². The Morgan fingerprint density at radius 3 is 2.84 bits per heavy atom. The van der Waals surface area contributed by atoms with Crippen LogP contribution in [0.2, 0.25) is 0 Å². The molecular weight excluding hydrogens is 318 g/mol. The van der Waals surface area contributed by atoms with Crippen LogP contribution in [0.5, 0.6) is 0 Å². The minimum absolute atomic E-state index is 0.0700. The highest BCUT2D eigenvalue weighted by molar-refractivity contribution is 5.87. The predicted octanol–water partition coefficient (Wildman–Crippen LogP) is 2.68. The van der Waals surface area contributed by atoms with E-state index in [4.69, 9.17) is 9.47 Å². The molecule has 0 bridgehead atoms. The second-order valence-electron chi connectivity index (χ2n) is 7.41. The van der Waals surface area contributed by atoms with Crippen LogP contribution in [0.15, 0.2) is 24.3 Å². The van der Waals surface area contributed by atoms with Crippen molar-refractivity contribution >= 4 is 11.9 Å². The van der Waals surface area contributed by atoms with E-state index in [-0.39, 0.29) is 30.3 Å². The lowest BCUT2D eigenvalue weighted by atomic mass is 9.75. The van der Waals surface area contributed by atoms with Gasteiger partial charge in [0.05, 0.1) is 18.9 Å². The van der Waals surface area contributed by atoms with Crippen LogP contribution in [0, 0.1) is 5.92 Å². The number of rotatable bonds is 3. The van der Waals surface area contributed by atoms with Crippen molar-refractivity contribution in [1.82, 2.24) is 5.32 Å². The summed E-state index contributed by atoms with van der Waals surface area (Å²) in [5.41, 5.74) is 1.88. The molecule has 0 aromatic heterocycles. The van der Waals surface area contributed by atoms with Gasteiger partial charge < -0.3 is 14.8 Å². The molecule has 4 rings (SSSR count). The standard InChI is InChI=1S/C20H25NO4/c22-18-12-16(20(25-18)9-4-1-5-10-20)19(23)21-13-17-15-7-3-2-6-14(15)8-11-24-17/h2-3,6-7,16-17H,1,4-5,8-13H2,(H,21,23)/t16-,17+/m1/s1. The van der Waals surface area contributed by atoms with E-state index < -0.39 is 5.60 Å². The monoisotopic (exact) mass is 343 g/mol. The Morgan fingerprint density at radius 1 is 1.20 bits per heavy atom. The van der Waals surface area contributed by atoms with Gasteiger partial charge in [0.2, 0.25) is 5.91 Å². The smallest absolute Gasteiger partial charge is 0.307 e. The summed E-state index contributed by atoms with van der Waals surface area (Å²) in [7, 11) is 0. The van der Waals surface area contributed by atoms with Crippen LogP contribution >= 0.6 is 0 Å². The largest absolute Gasteiger partial charge is 0.458 e. The molecule has 1 saturated heterocycles. The SMILES string of the molecule is O=C1C[C@H](C(=O)NC[C@@H]2OCCc3ccccc32)C2(CCCCC2)O1. The minimum atomic E-state index is -0.565. The van der Waals surface area contributed by atoms with Crippen molar-refractivity contribution < 1.29 is 19.1 Å². The number of hydrogen-bond acceptors (Lipinski definition) is 4. The fraction of sp³-hybridized carbons (Fsp3) is 0.600. The lowest BCUT2D eigenvalue weighted by molar-refractivity contribution is -0.153. The van der Waals surface area contributed by atoms with Gasteiger partial charge in [-0.1, -0.05) is 30.7 Å². The van der Waals surface area contributed by atoms with Crippen molar-refractivity contribution in [3.05, 3.63) is 35.4 Å². The van der Waals surface area contributed by atoms with Crippen molar-refractivity contribution in [2.75, 3.05) is 13.2 Å². The highest BCUT2D eigenvalue weighted by Crippen LogP contribution is 2.44. The van der Waals surface area contributed by atoms with Gasteiger partial charge in [-0.2, -0.15) is 0 Å². The molecule has 1 aromatic carbocycles. The third kappa shape index (κ3) is 3.17. The number of ether oxygens (including phenoxy) is 2. The Balaban J connectivity index is 1.43. The lowest BCUT2D eigenvalue weighted by Gasteiger charge is -2.36. The van der Waals surface area contributed by atoms with Crippen molar-refractivity contribution in [3.8, 4) is 0 Å². The van der Waals surface area contributed by atoms with Crippen LogP contribution < -0.4 is 5.32 Å². The molecule has 1 aromatic rings. The fourth-order valence-corrected chi connectivity index (χ4v) is 4.59. The predicted molar refractivity (Wildman–Crippen MR) is 91.9 cm³/mol. The Kier molecular flexibility index (Phi) is 4.50. The summed E-state index contributed by atoms with van der Waals surface area (Å²) in [6.45, 7) is 1.11. The van der Waals surface area contributed by atoms with Gasteiger partial charge in [-0.25, -0.2) is 0 Å². The van der Waals surface area contributed by atoms with E-state index in [0.29, 0.717) is 13.2 Å². The molecule has 1 N–H and O–H groups in total. The number of nitrogens with one attached hydrogen (secondary N) is 1.